The SMILES string of the molecule is CC(Cc1ccccc1)[N+](C)(C)CCO. The summed E-state index contributed by atoms with van der Waals surface area (Å²) in [6.45, 7) is 3.31. The summed E-state index contributed by atoms with van der Waals surface area (Å²) in [7, 11) is 4.34. The smallest absolute Gasteiger partial charge is 0.102 e. The van der Waals surface area contributed by atoms with Gasteiger partial charge in [-0.2, -0.15) is 0 Å². The molecule has 0 aliphatic rings. The minimum Gasteiger partial charge on any atom is -0.391 e. The number of benzene rings is 1. The Labute approximate surface area is 92.8 Å². The Hall–Kier alpha value is -0.860. The quantitative estimate of drug-likeness (QED) is 0.730. The minimum absolute atomic E-state index is 0.256. The second-order valence-corrected chi connectivity index (χ2v) is 4.76. The van der Waals surface area contributed by atoms with E-state index in [4.69, 9.17) is 5.11 Å². The van der Waals surface area contributed by atoms with Crippen molar-refractivity contribution >= 4 is 0 Å². The Bertz CT molecular complexity index is 282. The van der Waals surface area contributed by atoms with Crippen LogP contribution >= 0.6 is 0 Å². The number of aliphatic hydroxyl groups is 1. The third-order valence-electron chi connectivity index (χ3n) is 3.24. The second-order valence-electron chi connectivity index (χ2n) is 4.76. The number of rotatable bonds is 5. The van der Waals surface area contributed by atoms with E-state index < -0.39 is 0 Å². The molecule has 1 aromatic carbocycles. The summed E-state index contributed by atoms with van der Waals surface area (Å²) in [6, 6.07) is 11.1. The zero-order valence-electron chi connectivity index (χ0n) is 9.98. The molecule has 0 aliphatic heterocycles. The fourth-order valence-electron chi connectivity index (χ4n) is 1.68. The molecule has 1 rings (SSSR count). The maximum Gasteiger partial charge on any atom is 0.102 e. The van der Waals surface area contributed by atoms with Crippen LogP contribution in [0.4, 0.5) is 0 Å². The molecule has 1 N–H and O–H groups in total. The van der Waals surface area contributed by atoms with Crippen LogP contribution < -0.4 is 0 Å². The van der Waals surface area contributed by atoms with Gasteiger partial charge in [-0.1, -0.05) is 30.3 Å². The summed E-state index contributed by atoms with van der Waals surface area (Å²) in [6.07, 6.45) is 1.06. The zero-order chi connectivity index (χ0) is 11.3. The lowest BCUT2D eigenvalue weighted by Crippen LogP contribution is -2.50. The molecule has 0 aliphatic carbocycles. The molecule has 0 heterocycles. The average molecular weight is 208 g/mol. The number of aliphatic hydroxyl groups excluding tert-OH is 1. The van der Waals surface area contributed by atoms with Crippen molar-refractivity contribution in [2.45, 2.75) is 19.4 Å². The topological polar surface area (TPSA) is 20.2 Å². The number of nitrogens with zero attached hydrogens (tertiary/aromatic N) is 1. The third-order valence-corrected chi connectivity index (χ3v) is 3.24. The van der Waals surface area contributed by atoms with Crippen LogP contribution in [0.25, 0.3) is 0 Å². The third kappa shape index (κ3) is 3.65. The number of quaternary nitrogens is 1. The molecule has 0 amide bonds. The van der Waals surface area contributed by atoms with E-state index in [1.54, 1.807) is 0 Å². The van der Waals surface area contributed by atoms with Crippen molar-refractivity contribution in [2.24, 2.45) is 0 Å². The summed E-state index contributed by atoms with van der Waals surface area (Å²) in [5.74, 6) is 0. The molecule has 0 saturated heterocycles. The molecule has 1 atom stereocenters. The van der Waals surface area contributed by atoms with E-state index in [0.717, 1.165) is 17.4 Å². The molecule has 0 fully saturated rings. The minimum atomic E-state index is 0.256. The van der Waals surface area contributed by atoms with Crippen LogP contribution in [0.3, 0.4) is 0 Å². The molecule has 0 radical (unpaired) electrons. The maximum absolute atomic E-state index is 9.00. The molecule has 84 valence electrons. The highest BCUT2D eigenvalue weighted by Gasteiger charge is 2.23. The molecule has 1 unspecified atom stereocenters. The molecular weight excluding hydrogens is 186 g/mol. The summed E-state index contributed by atoms with van der Waals surface area (Å²) < 4.78 is 0.866. The molecule has 15 heavy (non-hydrogen) atoms. The maximum atomic E-state index is 9.00. The Kier molecular flexibility index (Phi) is 4.30. The molecule has 2 nitrogen and oxygen atoms in total. The van der Waals surface area contributed by atoms with Crippen molar-refractivity contribution in [2.75, 3.05) is 27.2 Å². The van der Waals surface area contributed by atoms with Crippen molar-refractivity contribution in [3.05, 3.63) is 35.9 Å². The Morgan fingerprint density at radius 1 is 1.20 bits per heavy atom. The molecule has 2 heteroatoms. The van der Waals surface area contributed by atoms with Crippen LogP contribution in [-0.4, -0.2) is 42.9 Å². The first-order chi connectivity index (χ1) is 7.06. The van der Waals surface area contributed by atoms with Crippen molar-refractivity contribution in [3.63, 3.8) is 0 Å². The first-order valence-corrected chi connectivity index (χ1v) is 5.53. The zero-order valence-corrected chi connectivity index (χ0v) is 9.98. The first-order valence-electron chi connectivity index (χ1n) is 5.53. The van der Waals surface area contributed by atoms with Gasteiger partial charge in [-0.15, -0.1) is 0 Å². The van der Waals surface area contributed by atoms with Gasteiger partial charge in [-0.25, -0.2) is 0 Å². The van der Waals surface area contributed by atoms with E-state index in [0.29, 0.717) is 6.04 Å². The highest BCUT2D eigenvalue weighted by molar-refractivity contribution is 5.15. The molecule has 1 aromatic rings. The molecule has 0 aromatic heterocycles. The average Bonchev–Trinajstić information content (AvgIpc) is 2.19. The molecule has 0 bridgehead atoms. The largest absolute Gasteiger partial charge is 0.391 e. The van der Waals surface area contributed by atoms with Crippen LogP contribution in [-0.2, 0) is 6.42 Å². The van der Waals surface area contributed by atoms with Gasteiger partial charge in [0, 0.05) is 6.42 Å². The van der Waals surface area contributed by atoms with E-state index in [1.807, 2.05) is 6.07 Å². The normalized spacial score (nSPS) is 13.9. The van der Waals surface area contributed by atoms with E-state index >= 15 is 0 Å². The van der Waals surface area contributed by atoms with Gasteiger partial charge in [0.15, 0.2) is 0 Å². The monoisotopic (exact) mass is 208 g/mol. The Morgan fingerprint density at radius 3 is 2.33 bits per heavy atom. The molecular formula is C13H22NO+. The fraction of sp³-hybridized carbons (Fsp3) is 0.538. The highest BCUT2D eigenvalue weighted by Crippen LogP contribution is 2.12. The predicted molar refractivity (Wildman–Crippen MR) is 63.7 cm³/mol. The van der Waals surface area contributed by atoms with Crippen LogP contribution in [0.15, 0.2) is 30.3 Å². The summed E-state index contributed by atoms with van der Waals surface area (Å²) in [4.78, 5) is 0. The van der Waals surface area contributed by atoms with Crippen molar-refractivity contribution in [1.29, 1.82) is 0 Å². The lowest BCUT2D eigenvalue weighted by molar-refractivity contribution is -0.913. The van der Waals surface area contributed by atoms with E-state index in [1.165, 1.54) is 5.56 Å². The molecule has 0 saturated carbocycles. The molecule has 0 spiro atoms. The predicted octanol–water partition coefficient (Wildman–Crippen LogP) is 1.69. The summed E-state index contributed by atoms with van der Waals surface area (Å²) >= 11 is 0. The van der Waals surface area contributed by atoms with Crippen molar-refractivity contribution < 1.29 is 9.59 Å². The lowest BCUT2D eigenvalue weighted by Gasteiger charge is -2.35. The van der Waals surface area contributed by atoms with E-state index in [-0.39, 0.29) is 6.61 Å². The highest BCUT2D eigenvalue weighted by atomic mass is 16.3. The van der Waals surface area contributed by atoms with Crippen LogP contribution in [0.5, 0.6) is 0 Å². The lowest BCUT2D eigenvalue weighted by atomic mass is 10.1. The summed E-state index contributed by atoms with van der Waals surface area (Å²) in [5.41, 5.74) is 1.37. The van der Waals surface area contributed by atoms with Crippen LogP contribution in [0.2, 0.25) is 0 Å². The second kappa shape index (κ2) is 5.29. The summed E-state index contributed by atoms with van der Waals surface area (Å²) in [5, 5.41) is 9.00. The first kappa shape index (κ1) is 12.2. The van der Waals surface area contributed by atoms with E-state index in [2.05, 4.69) is 45.3 Å². The van der Waals surface area contributed by atoms with Crippen molar-refractivity contribution in [3.8, 4) is 0 Å². The number of likely N-dealkylation sites (N-methyl/N-ethyl adjacent to an activating group) is 1. The van der Waals surface area contributed by atoms with Gasteiger partial charge in [0.1, 0.15) is 6.54 Å². The van der Waals surface area contributed by atoms with Gasteiger partial charge in [0.05, 0.1) is 26.7 Å². The standard InChI is InChI=1S/C13H22NO/c1-12(14(2,3)9-10-15)11-13-7-5-4-6-8-13/h4-8,12,15H,9-11H2,1-3H3/q+1. The van der Waals surface area contributed by atoms with Gasteiger partial charge in [0.25, 0.3) is 0 Å². The van der Waals surface area contributed by atoms with E-state index in [9.17, 15) is 0 Å². The van der Waals surface area contributed by atoms with Crippen LogP contribution in [0, 0.1) is 0 Å². The Morgan fingerprint density at radius 2 is 1.80 bits per heavy atom. The van der Waals surface area contributed by atoms with Gasteiger partial charge in [-0.3, -0.25) is 0 Å². The van der Waals surface area contributed by atoms with Crippen molar-refractivity contribution in [1.82, 2.24) is 0 Å². The number of hydrogen-bond donors (Lipinski definition) is 1. The van der Waals surface area contributed by atoms with Gasteiger partial charge in [-0.05, 0) is 12.5 Å². The van der Waals surface area contributed by atoms with Crippen LogP contribution in [0.1, 0.15) is 12.5 Å². The van der Waals surface area contributed by atoms with Gasteiger partial charge < -0.3 is 9.59 Å². The fourth-order valence-corrected chi connectivity index (χ4v) is 1.68. The number of hydrogen-bond acceptors (Lipinski definition) is 1. The van der Waals surface area contributed by atoms with Gasteiger partial charge >= 0.3 is 0 Å². The Balaban J connectivity index is 2.59. The van der Waals surface area contributed by atoms with Gasteiger partial charge in [0.2, 0.25) is 0 Å².